The molecule has 2 amide bonds. The molecule has 0 aliphatic carbocycles. The molecule has 5 rings (SSSR count). The Bertz CT molecular complexity index is 1150. The molecule has 1 N–H and O–H groups in total. The van der Waals surface area contributed by atoms with Crippen LogP contribution < -0.4 is 15.0 Å². The van der Waals surface area contributed by atoms with Crippen LogP contribution in [0.2, 0.25) is 0 Å². The van der Waals surface area contributed by atoms with Crippen LogP contribution in [0.15, 0.2) is 54.6 Å². The number of urea groups is 1. The van der Waals surface area contributed by atoms with E-state index in [0.717, 1.165) is 41.2 Å². The molecule has 3 aromatic rings. The summed E-state index contributed by atoms with van der Waals surface area (Å²) in [7, 11) is 0. The summed E-state index contributed by atoms with van der Waals surface area (Å²) in [6.45, 7) is 6.30. The fourth-order valence-electron chi connectivity index (χ4n) is 4.19. The molecular formula is C26H29N5O3. The molecule has 0 unspecified atom stereocenters. The molecule has 1 saturated heterocycles. The lowest BCUT2D eigenvalue weighted by molar-refractivity contribution is 0.122. The number of benzene rings is 2. The van der Waals surface area contributed by atoms with Gasteiger partial charge in [0.1, 0.15) is 5.75 Å². The summed E-state index contributed by atoms with van der Waals surface area (Å²) in [5, 5.41) is 3.02. The Balaban J connectivity index is 1.39. The first-order valence-electron chi connectivity index (χ1n) is 11.7. The molecule has 8 heteroatoms. The van der Waals surface area contributed by atoms with Gasteiger partial charge >= 0.3 is 6.03 Å². The molecule has 1 aromatic heterocycles. The fraction of sp³-hybridized carbons (Fsp3) is 0.346. The molecule has 0 atom stereocenters. The summed E-state index contributed by atoms with van der Waals surface area (Å²) in [5.41, 5.74) is 3.89. The number of carbonyl (C=O) groups is 1. The van der Waals surface area contributed by atoms with E-state index in [9.17, 15) is 4.79 Å². The van der Waals surface area contributed by atoms with Gasteiger partial charge in [0.15, 0.2) is 0 Å². The van der Waals surface area contributed by atoms with Gasteiger partial charge in [-0.1, -0.05) is 48.5 Å². The van der Waals surface area contributed by atoms with Gasteiger partial charge in [-0.2, -0.15) is 4.98 Å². The number of ether oxygens (including phenoxy) is 2. The Morgan fingerprint density at radius 1 is 1.03 bits per heavy atom. The minimum Gasteiger partial charge on any atom is -0.438 e. The molecule has 2 aliphatic rings. The number of para-hydroxylation sites is 1. The number of morpholine rings is 1. The molecule has 2 aromatic carbocycles. The summed E-state index contributed by atoms with van der Waals surface area (Å²) in [4.78, 5) is 26.5. The van der Waals surface area contributed by atoms with Crippen LogP contribution in [0.4, 0.5) is 10.7 Å². The molecule has 0 spiro atoms. The average molecular weight is 460 g/mol. The number of rotatable bonds is 5. The summed E-state index contributed by atoms with van der Waals surface area (Å²) < 4.78 is 11.8. The van der Waals surface area contributed by atoms with Crippen molar-refractivity contribution in [3.8, 4) is 11.6 Å². The Kier molecular flexibility index (Phi) is 6.58. The third-order valence-corrected chi connectivity index (χ3v) is 6.18. The second kappa shape index (κ2) is 10.1. The van der Waals surface area contributed by atoms with Gasteiger partial charge in [0, 0.05) is 32.6 Å². The van der Waals surface area contributed by atoms with Crippen molar-refractivity contribution >= 4 is 12.0 Å². The smallest absolute Gasteiger partial charge is 0.317 e. The lowest BCUT2D eigenvalue weighted by Gasteiger charge is -2.32. The lowest BCUT2D eigenvalue weighted by Crippen LogP contribution is -2.43. The van der Waals surface area contributed by atoms with Crippen molar-refractivity contribution in [2.24, 2.45) is 0 Å². The predicted molar refractivity (Wildman–Crippen MR) is 129 cm³/mol. The van der Waals surface area contributed by atoms with Crippen molar-refractivity contribution in [1.82, 2.24) is 20.2 Å². The SMILES string of the molecule is Cc1ccccc1Oc1nc(N2CCOCC2)nc2c1CN(C(=O)NCc1ccccc1)CC2. The normalized spacial score (nSPS) is 15.6. The van der Waals surface area contributed by atoms with Crippen molar-refractivity contribution in [1.29, 1.82) is 0 Å². The molecule has 0 bridgehead atoms. The van der Waals surface area contributed by atoms with E-state index in [1.54, 1.807) is 4.90 Å². The van der Waals surface area contributed by atoms with E-state index in [0.29, 0.717) is 51.1 Å². The maximum absolute atomic E-state index is 12.9. The number of nitrogens with one attached hydrogen (secondary N) is 1. The van der Waals surface area contributed by atoms with Gasteiger partial charge in [-0.25, -0.2) is 9.78 Å². The molecule has 3 heterocycles. The number of anilines is 1. The Morgan fingerprint density at radius 2 is 1.79 bits per heavy atom. The van der Waals surface area contributed by atoms with Crippen LogP contribution in [0.1, 0.15) is 22.4 Å². The van der Waals surface area contributed by atoms with E-state index < -0.39 is 0 Å². The highest BCUT2D eigenvalue weighted by Gasteiger charge is 2.28. The highest BCUT2D eigenvalue weighted by Crippen LogP contribution is 2.32. The number of aromatic nitrogens is 2. The summed E-state index contributed by atoms with van der Waals surface area (Å²) in [6, 6.07) is 17.7. The van der Waals surface area contributed by atoms with Crippen LogP contribution in [-0.2, 0) is 24.2 Å². The van der Waals surface area contributed by atoms with Gasteiger partial charge in [-0.3, -0.25) is 0 Å². The fourth-order valence-corrected chi connectivity index (χ4v) is 4.19. The maximum Gasteiger partial charge on any atom is 0.317 e. The predicted octanol–water partition coefficient (Wildman–Crippen LogP) is 3.68. The Morgan fingerprint density at radius 3 is 2.59 bits per heavy atom. The molecule has 2 aliphatic heterocycles. The maximum atomic E-state index is 12.9. The first-order valence-corrected chi connectivity index (χ1v) is 11.7. The van der Waals surface area contributed by atoms with Crippen molar-refractivity contribution in [3.63, 3.8) is 0 Å². The third kappa shape index (κ3) is 4.97. The standard InChI is InChI=1S/C26H29N5O3/c1-19-7-5-6-10-23(19)34-24-21-18-31(26(32)27-17-20-8-3-2-4-9-20)12-11-22(21)28-25(29-24)30-13-15-33-16-14-30/h2-10H,11-18H2,1H3,(H,27,32). The lowest BCUT2D eigenvalue weighted by atomic mass is 10.1. The second-order valence-electron chi connectivity index (χ2n) is 8.54. The van der Waals surface area contributed by atoms with Crippen molar-refractivity contribution in [3.05, 3.63) is 77.0 Å². The first-order chi connectivity index (χ1) is 16.7. The van der Waals surface area contributed by atoms with E-state index in [2.05, 4.69) is 10.2 Å². The molecule has 1 fully saturated rings. The van der Waals surface area contributed by atoms with Crippen molar-refractivity contribution in [2.45, 2.75) is 26.4 Å². The van der Waals surface area contributed by atoms with Gasteiger partial charge in [-0.05, 0) is 24.1 Å². The monoisotopic (exact) mass is 459 g/mol. The molecule has 34 heavy (non-hydrogen) atoms. The number of amides is 2. The van der Waals surface area contributed by atoms with Crippen LogP contribution >= 0.6 is 0 Å². The Labute approximate surface area is 199 Å². The number of carbonyl (C=O) groups excluding carboxylic acids is 1. The van der Waals surface area contributed by atoms with Gasteiger partial charge < -0.3 is 24.6 Å². The van der Waals surface area contributed by atoms with E-state index in [-0.39, 0.29) is 6.03 Å². The number of hydrogen-bond donors (Lipinski definition) is 1. The molecule has 0 radical (unpaired) electrons. The summed E-state index contributed by atoms with van der Waals surface area (Å²) in [5.74, 6) is 1.93. The van der Waals surface area contributed by atoms with Crippen molar-refractivity contribution in [2.75, 3.05) is 37.7 Å². The van der Waals surface area contributed by atoms with E-state index in [1.807, 2.05) is 61.5 Å². The molecule has 0 saturated carbocycles. The molecule has 176 valence electrons. The van der Waals surface area contributed by atoms with Crippen LogP contribution in [-0.4, -0.2) is 53.7 Å². The van der Waals surface area contributed by atoms with Gasteiger partial charge in [0.25, 0.3) is 0 Å². The number of aryl methyl sites for hydroxylation is 1. The third-order valence-electron chi connectivity index (χ3n) is 6.18. The minimum atomic E-state index is -0.103. The van der Waals surface area contributed by atoms with Crippen LogP contribution in [0.3, 0.4) is 0 Å². The highest BCUT2D eigenvalue weighted by atomic mass is 16.5. The van der Waals surface area contributed by atoms with E-state index >= 15 is 0 Å². The summed E-state index contributed by atoms with van der Waals surface area (Å²) >= 11 is 0. The van der Waals surface area contributed by atoms with E-state index in [1.165, 1.54) is 0 Å². The number of nitrogens with zero attached hydrogens (tertiary/aromatic N) is 4. The van der Waals surface area contributed by atoms with Crippen LogP contribution in [0, 0.1) is 6.92 Å². The van der Waals surface area contributed by atoms with Gasteiger partial charge in [0.05, 0.1) is 31.0 Å². The topological polar surface area (TPSA) is 79.8 Å². The van der Waals surface area contributed by atoms with Gasteiger partial charge in [0.2, 0.25) is 11.8 Å². The molecule has 8 nitrogen and oxygen atoms in total. The minimum absolute atomic E-state index is 0.103. The zero-order chi connectivity index (χ0) is 23.3. The zero-order valence-corrected chi connectivity index (χ0v) is 19.4. The second-order valence-corrected chi connectivity index (χ2v) is 8.54. The average Bonchev–Trinajstić information content (AvgIpc) is 2.89. The van der Waals surface area contributed by atoms with E-state index in [4.69, 9.17) is 19.4 Å². The van der Waals surface area contributed by atoms with Crippen LogP contribution in [0.25, 0.3) is 0 Å². The number of hydrogen-bond acceptors (Lipinski definition) is 6. The molecular weight excluding hydrogens is 430 g/mol. The van der Waals surface area contributed by atoms with Gasteiger partial charge in [-0.15, -0.1) is 0 Å². The zero-order valence-electron chi connectivity index (χ0n) is 19.4. The van der Waals surface area contributed by atoms with Crippen LogP contribution in [0.5, 0.6) is 11.6 Å². The first kappa shape index (κ1) is 22.2. The highest BCUT2D eigenvalue weighted by molar-refractivity contribution is 5.74. The summed E-state index contributed by atoms with van der Waals surface area (Å²) in [6.07, 6.45) is 0.651. The quantitative estimate of drug-likeness (QED) is 0.627. The largest absolute Gasteiger partial charge is 0.438 e. The van der Waals surface area contributed by atoms with Crippen molar-refractivity contribution < 1.29 is 14.3 Å². The number of fused-ring (bicyclic) bond motifs is 1. The Hall–Kier alpha value is -3.65.